The highest BCUT2D eigenvalue weighted by atomic mass is 16.3. The molecule has 0 amide bonds. The highest BCUT2D eigenvalue weighted by Crippen LogP contribution is 2.42. The number of aromatic nitrogens is 5. The van der Waals surface area contributed by atoms with Crippen LogP contribution in [0.25, 0.3) is 206 Å². The number of nitrogens with zero attached hydrogens (tertiary/aromatic N) is 5. The van der Waals surface area contributed by atoms with E-state index in [1.165, 1.54) is 55.2 Å². The zero-order chi connectivity index (χ0) is 73.6. The molecule has 0 fully saturated rings. The Morgan fingerprint density at radius 2 is 0.477 bits per heavy atom. The summed E-state index contributed by atoms with van der Waals surface area (Å²) in [5.74, 6) is 1.34. The molecule has 0 N–H and O–H groups in total. The maximum absolute atomic E-state index is 6.44. The second-order valence-corrected chi connectivity index (χ2v) is 28.0. The summed E-state index contributed by atoms with van der Waals surface area (Å²) in [6.45, 7) is 0. The van der Waals surface area contributed by atoms with Crippen molar-refractivity contribution in [2.24, 2.45) is 0 Å². The van der Waals surface area contributed by atoms with E-state index in [-0.39, 0.29) is 0 Å². The molecular weight excluding hydrogens is 1350 g/mol. The SMILES string of the molecule is c1ccc(-c2ccc(-c3cc(-c4ccc(-c5cccc(-c6ccccc6)c5)cc4)nc(-c4cccc(-n5c6ccccc6c6ccccc65)c4)n3)cc2)cc1.c1ccc(-c2ccc(-c3nc(-c4cccc(-c5cccc6c5oc5ccccc56)c4)cc(-c4cccc(-c5cccc6c5oc5ccccc56)c4)n3)cc2)cc1. The number of furan rings is 2. The molecule has 0 atom stereocenters. The Balaban J connectivity index is 0.000000145. The number of hydrogen-bond donors (Lipinski definition) is 0. The van der Waals surface area contributed by atoms with Crippen molar-refractivity contribution in [3.8, 4) is 140 Å². The quantitative estimate of drug-likeness (QED) is 0.114. The molecule has 0 spiro atoms. The van der Waals surface area contributed by atoms with Crippen LogP contribution in [0.15, 0.2) is 415 Å². The van der Waals surface area contributed by atoms with Gasteiger partial charge >= 0.3 is 0 Å². The van der Waals surface area contributed by atoms with Crippen molar-refractivity contribution in [1.29, 1.82) is 0 Å². The Labute approximate surface area is 641 Å². The highest BCUT2D eigenvalue weighted by molar-refractivity contribution is 6.12. The van der Waals surface area contributed by atoms with Crippen molar-refractivity contribution in [3.05, 3.63) is 406 Å². The second kappa shape index (κ2) is 28.4. The van der Waals surface area contributed by atoms with Crippen LogP contribution in [0.5, 0.6) is 0 Å². The van der Waals surface area contributed by atoms with E-state index < -0.39 is 0 Å². The fraction of sp³-hybridized carbons (Fsp3) is 0. The van der Waals surface area contributed by atoms with Crippen molar-refractivity contribution in [1.82, 2.24) is 24.5 Å². The van der Waals surface area contributed by atoms with Crippen LogP contribution in [0, 0.1) is 0 Å². The summed E-state index contributed by atoms with van der Waals surface area (Å²) in [7, 11) is 0. The minimum Gasteiger partial charge on any atom is -0.455 e. The molecule has 0 radical (unpaired) electrons. The van der Waals surface area contributed by atoms with Crippen LogP contribution in [-0.4, -0.2) is 24.5 Å². The average molecular weight is 1420 g/mol. The zero-order valence-corrected chi connectivity index (χ0v) is 60.2. The molecule has 16 aromatic carbocycles. The van der Waals surface area contributed by atoms with Crippen molar-refractivity contribution in [3.63, 3.8) is 0 Å². The second-order valence-electron chi connectivity index (χ2n) is 28.0. The molecule has 5 heterocycles. The molecule has 0 bridgehead atoms. The van der Waals surface area contributed by atoms with Crippen molar-refractivity contribution in [2.45, 2.75) is 0 Å². The van der Waals surface area contributed by atoms with Crippen LogP contribution in [0.2, 0.25) is 0 Å². The Morgan fingerprint density at radius 1 is 0.180 bits per heavy atom. The van der Waals surface area contributed by atoms with E-state index in [1.807, 2.05) is 36.4 Å². The molecule has 7 heteroatoms. The van der Waals surface area contributed by atoms with Gasteiger partial charge in [0.2, 0.25) is 0 Å². The summed E-state index contributed by atoms with van der Waals surface area (Å²) in [6, 6.07) is 142. The van der Waals surface area contributed by atoms with Gasteiger partial charge < -0.3 is 13.4 Å². The predicted molar refractivity (Wildman–Crippen MR) is 458 cm³/mol. The predicted octanol–water partition coefficient (Wildman–Crippen LogP) is 27.9. The summed E-state index contributed by atoms with van der Waals surface area (Å²) in [5, 5.41) is 6.90. The topological polar surface area (TPSA) is 82.8 Å². The van der Waals surface area contributed by atoms with Crippen LogP contribution in [0.3, 0.4) is 0 Å². The number of para-hydroxylation sites is 6. The molecule has 0 aliphatic heterocycles. The van der Waals surface area contributed by atoms with Crippen LogP contribution in [-0.2, 0) is 0 Å². The van der Waals surface area contributed by atoms with Crippen LogP contribution in [0.4, 0.5) is 0 Å². The first-order chi connectivity index (χ1) is 55.0. The largest absolute Gasteiger partial charge is 0.455 e. The molecule has 0 saturated carbocycles. The molecular formula is C104H67N5O2. The smallest absolute Gasteiger partial charge is 0.160 e. The van der Waals surface area contributed by atoms with E-state index in [2.05, 4.69) is 375 Å². The maximum atomic E-state index is 6.44. The first-order valence-corrected chi connectivity index (χ1v) is 37.5. The van der Waals surface area contributed by atoms with Crippen molar-refractivity contribution in [2.75, 3.05) is 0 Å². The average Bonchev–Trinajstić information content (AvgIpc) is 1.64. The van der Waals surface area contributed by atoms with Crippen LogP contribution < -0.4 is 0 Å². The van der Waals surface area contributed by atoms with E-state index in [0.717, 1.165) is 139 Å². The molecule has 0 saturated heterocycles. The first kappa shape index (κ1) is 65.6. The normalized spacial score (nSPS) is 11.4. The molecule has 21 rings (SSSR count). The highest BCUT2D eigenvalue weighted by Gasteiger charge is 2.20. The third kappa shape index (κ3) is 12.7. The van der Waals surface area contributed by atoms with Gasteiger partial charge in [0.15, 0.2) is 11.6 Å². The van der Waals surface area contributed by atoms with Gasteiger partial charge in [-0.2, -0.15) is 0 Å². The van der Waals surface area contributed by atoms with Crippen LogP contribution >= 0.6 is 0 Å². The summed E-state index contributed by atoms with van der Waals surface area (Å²) in [6.07, 6.45) is 0. The number of rotatable bonds is 13. The van der Waals surface area contributed by atoms with E-state index >= 15 is 0 Å². The van der Waals surface area contributed by atoms with Gasteiger partial charge in [-0.05, 0) is 122 Å². The Kier molecular flexibility index (Phi) is 16.8. The third-order valence-corrected chi connectivity index (χ3v) is 21.2. The van der Waals surface area contributed by atoms with Crippen molar-refractivity contribution < 1.29 is 8.83 Å². The summed E-state index contributed by atoms with van der Waals surface area (Å²) in [5.41, 5.74) is 29.9. The zero-order valence-electron chi connectivity index (χ0n) is 60.2. The van der Waals surface area contributed by atoms with Gasteiger partial charge in [0.25, 0.3) is 0 Å². The molecule has 0 aliphatic carbocycles. The number of fused-ring (bicyclic) bond motifs is 9. The van der Waals surface area contributed by atoms with Crippen LogP contribution in [0.1, 0.15) is 0 Å². The fourth-order valence-electron chi connectivity index (χ4n) is 15.6. The maximum Gasteiger partial charge on any atom is 0.160 e. The molecule has 0 aliphatic rings. The Morgan fingerprint density at radius 3 is 0.946 bits per heavy atom. The van der Waals surface area contributed by atoms with Gasteiger partial charge in [0, 0.05) is 82.5 Å². The molecule has 21 aromatic rings. The van der Waals surface area contributed by atoms with Gasteiger partial charge in [-0.3, -0.25) is 0 Å². The lowest BCUT2D eigenvalue weighted by Gasteiger charge is -2.13. The standard InChI is InChI=1S/C52H35N3.C52H32N2O2/c1-3-13-36(14-4-1)38-25-29-40(30-26-38)48-35-49(41-31-27-39(28-32-41)43-18-11-17-42(33-43)37-15-5-2-6-16-37)54-52(53-48)44-19-12-20-45(34-44)55-50-23-9-7-21-46(50)47-22-8-10-24-51(47)55;1-2-12-33(13-3-1)34-26-28-35(29-27-34)52-53-46(38-16-8-14-36(30-38)40-20-10-22-44-42-18-4-6-24-48(42)55-50(40)44)32-47(54-52)39-17-9-15-37(31-39)41-21-11-23-45-43-19-5-7-25-49(43)56-51(41)45/h1-35H;1-32H. The monoisotopic (exact) mass is 1420 g/mol. The van der Waals surface area contributed by atoms with Gasteiger partial charge in [-0.15, -0.1) is 0 Å². The van der Waals surface area contributed by atoms with Crippen molar-refractivity contribution >= 4 is 65.7 Å². The lowest BCUT2D eigenvalue weighted by molar-refractivity contribution is 0.669. The molecule has 520 valence electrons. The van der Waals surface area contributed by atoms with E-state index in [1.54, 1.807) is 0 Å². The molecule has 5 aromatic heterocycles. The minimum atomic E-state index is 0.659. The Hall–Kier alpha value is -14.9. The van der Waals surface area contributed by atoms with Gasteiger partial charge in [-0.1, -0.05) is 340 Å². The minimum absolute atomic E-state index is 0.659. The lowest BCUT2D eigenvalue weighted by Crippen LogP contribution is -1.98. The molecule has 0 unspecified atom stereocenters. The number of benzene rings is 16. The van der Waals surface area contributed by atoms with E-state index in [9.17, 15) is 0 Å². The summed E-state index contributed by atoms with van der Waals surface area (Å²) < 4.78 is 15.2. The number of hydrogen-bond acceptors (Lipinski definition) is 6. The molecule has 111 heavy (non-hydrogen) atoms. The van der Waals surface area contributed by atoms with Gasteiger partial charge in [0.1, 0.15) is 22.3 Å². The first-order valence-electron chi connectivity index (χ1n) is 37.5. The lowest BCUT2D eigenvalue weighted by atomic mass is 9.97. The molecule has 7 nitrogen and oxygen atoms in total. The van der Waals surface area contributed by atoms with Gasteiger partial charge in [-0.25, -0.2) is 19.9 Å². The van der Waals surface area contributed by atoms with E-state index in [0.29, 0.717) is 11.6 Å². The third-order valence-electron chi connectivity index (χ3n) is 21.2. The summed E-state index contributed by atoms with van der Waals surface area (Å²) in [4.78, 5) is 20.9. The van der Waals surface area contributed by atoms with E-state index in [4.69, 9.17) is 28.8 Å². The Bertz CT molecular complexity index is 6820. The van der Waals surface area contributed by atoms with Gasteiger partial charge in [0.05, 0.1) is 33.8 Å². The summed E-state index contributed by atoms with van der Waals surface area (Å²) >= 11 is 0. The fourth-order valence-corrected chi connectivity index (χ4v) is 15.6.